The molecule has 0 bridgehead atoms. The van der Waals surface area contributed by atoms with Gasteiger partial charge in [-0.25, -0.2) is 4.70 Å². The van der Waals surface area contributed by atoms with Crippen molar-refractivity contribution >= 4 is 11.4 Å². The zero-order valence-electron chi connectivity index (χ0n) is 26.4. The molecule has 1 aliphatic heterocycles. The van der Waals surface area contributed by atoms with Gasteiger partial charge in [0.05, 0.1) is 0 Å². The number of hydrogen-bond acceptors (Lipinski definition) is 0. The van der Waals surface area contributed by atoms with E-state index in [0.29, 0.717) is 0 Å². The molecule has 3 rings (SSSR count). The number of unbranched alkanes of at least 4 members (excludes halogenated alkanes) is 8. The normalized spacial score (nSPS) is 12.8. The molecular weight excluding hydrogens is 531 g/mol. The standard InChI is InChI=1S/C35H50N2.2CH3.Ni/c1-5-9-12-13-14-16-22-33-32(8-4)34(30-25-23-28(24-26-30)19-15-10-6-2)37(36)35(33)31-21-17-20-29(27-31)18-11-7-3;;;/h17,20-21,23-27H,5-16,18-19,22H2,1-4H3;2*1H3;/q;2*-1;+2. The molecule has 0 amide bonds. The minimum atomic E-state index is 0. The number of allylic oxidation sites excluding steroid dienone is 2. The summed E-state index contributed by atoms with van der Waals surface area (Å²) in [5.41, 5.74) is 21.4. The average molecular weight is 588 g/mol. The first-order valence-electron chi connectivity index (χ1n) is 15.3. The van der Waals surface area contributed by atoms with Crippen LogP contribution < -0.4 is 0 Å². The molecule has 1 aliphatic rings. The molecule has 1 heterocycles. The molecule has 224 valence electrons. The van der Waals surface area contributed by atoms with E-state index in [-0.39, 0.29) is 31.3 Å². The van der Waals surface area contributed by atoms with Crippen molar-refractivity contribution in [3.05, 3.63) is 102 Å². The van der Waals surface area contributed by atoms with Crippen LogP contribution in [0.25, 0.3) is 16.9 Å². The van der Waals surface area contributed by atoms with Crippen molar-refractivity contribution < 1.29 is 21.2 Å². The van der Waals surface area contributed by atoms with Gasteiger partial charge in [-0.3, -0.25) is 0 Å². The topological polar surface area (TPSA) is 25.3 Å². The Labute approximate surface area is 258 Å². The van der Waals surface area contributed by atoms with Gasteiger partial charge in [0, 0.05) is 22.3 Å². The maximum absolute atomic E-state index is 11.7. The van der Waals surface area contributed by atoms with Crippen molar-refractivity contribution in [3.8, 4) is 0 Å². The van der Waals surface area contributed by atoms with Crippen molar-refractivity contribution in [1.29, 1.82) is 0 Å². The molecule has 40 heavy (non-hydrogen) atoms. The average Bonchev–Trinajstić information content (AvgIpc) is 3.21. The molecular formula is C37H56N2Ni. The van der Waals surface area contributed by atoms with Crippen molar-refractivity contribution in [2.24, 2.45) is 0 Å². The third-order valence-electron chi connectivity index (χ3n) is 7.81. The van der Waals surface area contributed by atoms with E-state index in [9.17, 15) is 5.53 Å². The predicted molar refractivity (Wildman–Crippen MR) is 173 cm³/mol. The molecule has 0 atom stereocenters. The Morgan fingerprint density at radius 3 is 1.75 bits per heavy atom. The second kappa shape index (κ2) is 20.8. The van der Waals surface area contributed by atoms with E-state index in [1.165, 1.54) is 97.6 Å². The first kappa shape index (κ1) is 38.0. The van der Waals surface area contributed by atoms with Gasteiger partial charge in [-0.1, -0.05) is 103 Å². The van der Waals surface area contributed by atoms with Crippen LogP contribution in [0, 0.1) is 14.9 Å². The van der Waals surface area contributed by atoms with Gasteiger partial charge < -0.3 is 20.4 Å². The van der Waals surface area contributed by atoms with E-state index < -0.39 is 0 Å². The number of aryl methyl sites for hydroxylation is 2. The summed E-state index contributed by atoms with van der Waals surface area (Å²) in [5, 5.41) is 0. The molecule has 0 saturated heterocycles. The second-order valence-electron chi connectivity index (χ2n) is 10.8. The molecule has 0 fully saturated rings. The van der Waals surface area contributed by atoms with Crippen molar-refractivity contribution in [2.45, 2.75) is 124 Å². The van der Waals surface area contributed by atoms with Crippen molar-refractivity contribution in [1.82, 2.24) is 0 Å². The van der Waals surface area contributed by atoms with Gasteiger partial charge in [0.1, 0.15) is 0 Å². The van der Waals surface area contributed by atoms with Gasteiger partial charge in [0.2, 0.25) is 11.4 Å². The fraction of sp³-hybridized carbons (Fsp3) is 0.514. The molecule has 0 saturated carbocycles. The van der Waals surface area contributed by atoms with Crippen LogP contribution in [0.4, 0.5) is 0 Å². The quantitative estimate of drug-likeness (QED) is 0.0762. The van der Waals surface area contributed by atoms with Crippen LogP contribution >= 0.6 is 0 Å². The molecule has 0 N–H and O–H groups in total. The van der Waals surface area contributed by atoms with E-state index in [4.69, 9.17) is 0 Å². The summed E-state index contributed by atoms with van der Waals surface area (Å²) in [6, 6.07) is 17.8. The van der Waals surface area contributed by atoms with Crippen LogP contribution in [0.2, 0.25) is 0 Å². The minimum absolute atomic E-state index is 0. The molecule has 0 aliphatic carbocycles. The maximum Gasteiger partial charge on any atom is 2.00 e. The summed E-state index contributed by atoms with van der Waals surface area (Å²) in [7, 11) is 0. The van der Waals surface area contributed by atoms with Gasteiger partial charge in [0.25, 0.3) is 0 Å². The molecule has 0 unspecified atom stereocenters. The van der Waals surface area contributed by atoms with E-state index in [1.54, 1.807) is 0 Å². The van der Waals surface area contributed by atoms with Crippen LogP contribution in [0.5, 0.6) is 0 Å². The van der Waals surface area contributed by atoms with Gasteiger partial charge in [-0.15, -0.1) is 0 Å². The summed E-state index contributed by atoms with van der Waals surface area (Å²) < 4.78 is 1.52. The van der Waals surface area contributed by atoms with Crippen molar-refractivity contribution in [3.63, 3.8) is 0 Å². The van der Waals surface area contributed by atoms with E-state index in [1.807, 2.05) is 0 Å². The number of rotatable bonds is 17. The minimum Gasteiger partial charge on any atom is -0.493 e. The van der Waals surface area contributed by atoms with Crippen LogP contribution in [0.1, 0.15) is 133 Å². The smallest absolute Gasteiger partial charge is 0.493 e. The molecule has 0 radical (unpaired) electrons. The zero-order valence-corrected chi connectivity index (χ0v) is 27.4. The summed E-state index contributed by atoms with van der Waals surface area (Å²) in [5.74, 6) is 0. The fourth-order valence-electron chi connectivity index (χ4n) is 5.64. The maximum atomic E-state index is 11.7. The van der Waals surface area contributed by atoms with Crippen LogP contribution in [0.3, 0.4) is 0 Å². The van der Waals surface area contributed by atoms with Crippen LogP contribution in [-0.4, -0.2) is 4.70 Å². The summed E-state index contributed by atoms with van der Waals surface area (Å²) >= 11 is 0. The Bertz CT molecular complexity index is 1060. The van der Waals surface area contributed by atoms with Gasteiger partial charge in [0.15, 0.2) is 0 Å². The summed E-state index contributed by atoms with van der Waals surface area (Å²) in [6.07, 6.45) is 18.1. The van der Waals surface area contributed by atoms with Gasteiger partial charge in [-0.2, -0.15) is 0 Å². The second-order valence-corrected chi connectivity index (χ2v) is 10.8. The fourth-order valence-corrected chi connectivity index (χ4v) is 5.64. The van der Waals surface area contributed by atoms with Crippen LogP contribution in [-0.2, 0) is 29.3 Å². The van der Waals surface area contributed by atoms with Crippen LogP contribution in [0.15, 0.2) is 59.7 Å². The Morgan fingerprint density at radius 1 is 0.550 bits per heavy atom. The molecule has 2 nitrogen and oxygen atoms in total. The third-order valence-corrected chi connectivity index (χ3v) is 7.81. The first-order valence-corrected chi connectivity index (χ1v) is 15.3. The summed E-state index contributed by atoms with van der Waals surface area (Å²) in [4.78, 5) is 0. The van der Waals surface area contributed by atoms with Crippen molar-refractivity contribution in [2.75, 3.05) is 0 Å². The van der Waals surface area contributed by atoms with E-state index in [2.05, 4.69) is 76.2 Å². The van der Waals surface area contributed by atoms with E-state index in [0.717, 1.165) is 48.2 Å². The Morgan fingerprint density at radius 2 is 1.10 bits per heavy atom. The van der Waals surface area contributed by atoms with E-state index >= 15 is 0 Å². The third kappa shape index (κ3) is 10.4. The number of benzene rings is 2. The molecule has 2 aromatic rings. The molecule has 3 heteroatoms. The SMILES string of the molecule is CCCCCCCCC1=C(c2cccc(CCCC)c2)[N+](=[N-])C(c2ccc(CCCCC)cc2)=C1CC.[CH3-].[CH3-].[Ni+2]. The first-order chi connectivity index (χ1) is 18.1. The Balaban J connectivity index is 0.00000507. The monoisotopic (exact) mass is 586 g/mol. The number of nitrogens with zero attached hydrogens (tertiary/aromatic N) is 2. The van der Waals surface area contributed by atoms with Gasteiger partial charge in [-0.05, 0) is 80.3 Å². The predicted octanol–water partition coefficient (Wildman–Crippen LogP) is 12.0. The Hall–Kier alpha value is -1.99. The molecule has 0 spiro atoms. The van der Waals surface area contributed by atoms with Gasteiger partial charge >= 0.3 is 16.5 Å². The number of hydrogen-bond donors (Lipinski definition) is 0. The molecule has 0 aromatic heterocycles. The molecule has 2 aromatic carbocycles. The zero-order chi connectivity index (χ0) is 26.5. The largest absolute Gasteiger partial charge is 2.00 e. The summed E-state index contributed by atoms with van der Waals surface area (Å²) in [6.45, 7) is 9.02. The Kier molecular flexibility index (Phi) is 19.8.